The number of hydrogen-bond acceptors (Lipinski definition) is 3. The SMILES string of the molecule is O=C(C1=CC=CCC1=S)N(C1=CC=C(F)CC1=S)c1ccc(F)cc1. The van der Waals surface area contributed by atoms with Crippen LogP contribution in [0.3, 0.4) is 0 Å². The molecule has 0 heterocycles. The number of rotatable bonds is 3. The Hall–Kier alpha value is -2.31. The van der Waals surface area contributed by atoms with E-state index in [0.717, 1.165) is 0 Å². The number of benzene rings is 1. The summed E-state index contributed by atoms with van der Waals surface area (Å²) in [6.07, 6.45) is 8.47. The molecule has 1 aromatic carbocycles. The minimum atomic E-state index is -0.419. The number of allylic oxidation sites excluding steroid dienone is 7. The van der Waals surface area contributed by atoms with Gasteiger partial charge in [0.05, 0.1) is 11.3 Å². The van der Waals surface area contributed by atoms with Crippen molar-refractivity contribution in [1.82, 2.24) is 0 Å². The lowest BCUT2D eigenvalue weighted by molar-refractivity contribution is -0.114. The molecule has 1 aromatic rings. The third kappa shape index (κ3) is 3.70. The van der Waals surface area contributed by atoms with E-state index in [9.17, 15) is 13.6 Å². The molecular formula is C19H13F2NOS2. The predicted octanol–water partition coefficient (Wildman–Crippen LogP) is 4.93. The third-order valence-electron chi connectivity index (χ3n) is 3.80. The lowest BCUT2D eigenvalue weighted by atomic mass is 10.0. The third-order valence-corrected chi connectivity index (χ3v) is 4.54. The maximum atomic E-state index is 13.5. The molecule has 3 rings (SSSR count). The molecule has 2 aliphatic rings. The summed E-state index contributed by atoms with van der Waals surface area (Å²) in [4.78, 5) is 15.3. The zero-order valence-corrected chi connectivity index (χ0v) is 14.7. The minimum Gasteiger partial charge on any atom is -0.276 e. The van der Waals surface area contributed by atoms with Crippen molar-refractivity contribution in [2.45, 2.75) is 12.8 Å². The molecule has 0 unspecified atom stereocenters. The molecule has 0 bridgehead atoms. The average Bonchev–Trinajstić information content (AvgIpc) is 2.59. The van der Waals surface area contributed by atoms with Crippen LogP contribution in [0.5, 0.6) is 0 Å². The first-order chi connectivity index (χ1) is 12.0. The summed E-state index contributed by atoms with van der Waals surface area (Å²) in [5, 5.41) is 0. The predicted molar refractivity (Wildman–Crippen MR) is 103 cm³/mol. The first-order valence-electron chi connectivity index (χ1n) is 7.57. The first kappa shape index (κ1) is 17.5. The van der Waals surface area contributed by atoms with Gasteiger partial charge in [-0.1, -0.05) is 36.6 Å². The van der Waals surface area contributed by atoms with Crippen LogP contribution in [0.4, 0.5) is 14.5 Å². The van der Waals surface area contributed by atoms with E-state index in [-0.39, 0.29) is 18.2 Å². The summed E-state index contributed by atoms with van der Waals surface area (Å²) < 4.78 is 26.8. The summed E-state index contributed by atoms with van der Waals surface area (Å²) in [5.74, 6) is -1.15. The van der Waals surface area contributed by atoms with Crippen LogP contribution < -0.4 is 4.90 Å². The van der Waals surface area contributed by atoms with Gasteiger partial charge < -0.3 is 0 Å². The molecule has 0 N–H and O–H groups in total. The van der Waals surface area contributed by atoms with E-state index in [1.165, 1.54) is 41.3 Å². The van der Waals surface area contributed by atoms with Crippen molar-refractivity contribution in [3.63, 3.8) is 0 Å². The van der Waals surface area contributed by atoms with E-state index < -0.39 is 5.82 Å². The lowest BCUT2D eigenvalue weighted by Crippen LogP contribution is -2.36. The molecule has 0 spiro atoms. The maximum Gasteiger partial charge on any atom is 0.264 e. The number of nitrogens with zero attached hydrogens (tertiary/aromatic N) is 1. The van der Waals surface area contributed by atoms with Gasteiger partial charge in [-0.2, -0.15) is 0 Å². The normalized spacial score (nSPS) is 17.0. The van der Waals surface area contributed by atoms with Crippen molar-refractivity contribution < 1.29 is 13.6 Å². The second kappa shape index (κ2) is 7.29. The Labute approximate surface area is 154 Å². The van der Waals surface area contributed by atoms with E-state index >= 15 is 0 Å². The van der Waals surface area contributed by atoms with Crippen LogP contribution in [0.2, 0.25) is 0 Å². The summed E-state index contributed by atoms with van der Waals surface area (Å²) in [5.41, 5.74) is 1.21. The fraction of sp³-hybridized carbons (Fsp3) is 0.105. The average molecular weight is 373 g/mol. The zero-order valence-electron chi connectivity index (χ0n) is 13.0. The fourth-order valence-corrected chi connectivity index (χ4v) is 3.12. The summed E-state index contributed by atoms with van der Waals surface area (Å²) in [7, 11) is 0. The highest BCUT2D eigenvalue weighted by atomic mass is 32.1. The van der Waals surface area contributed by atoms with Gasteiger partial charge in [0, 0.05) is 28.3 Å². The molecule has 0 saturated carbocycles. The van der Waals surface area contributed by atoms with Gasteiger partial charge in [0.15, 0.2) is 0 Å². The van der Waals surface area contributed by atoms with Gasteiger partial charge in [-0.05, 0) is 42.5 Å². The van der Waals surface area contributed by atoms with Gasteiger partial charge >= 0.3 is 0 Å². The van der Waals surface area contributed by atoms with Crippen LogP contribution >= 0.6 is 24.4 Å². The van der Waals surface area contributed by atoms with Crippen molar-refractivity contribution in [3.05, 3.63) is 77.6 Å². The van der Waals surface area contributed by atoms with Gasteiger partial charge in [-0.25, -0.2) is 8.78 Å². The Morgan fingerprint density at radius 1 is 1.00 bits per heavy atom. The standard InChI is InChI=1S/C19H13F2NOS2/c20-12-5-8-14(9-6-12)22(16-10-7-13(21)11-18(16)25)19(23)15-3-1-2-4-17(15)24/h1-3,5-10H,4,11H2. The molecule has 0 aromatic heterocycles. The van der Waals surface area contributed by atoms with E-state index in [1.807, 2.05) is 6.08 Å². The Morgan fingerprint density at radius 2 is 1.72 bits per heavy atom. The summed E-state index contributed by atoms with van der Waals surface area (Å²) in [6, 6.07) is 5.47. The number of anilines is 1. The Kier molecular flexibility index (Phi) is 5.11. The first-order valence-corrected chi connectivity index (χ1v) is 8.38. The van der Waals surface area contributed by atoms with Crippen LogP contribution in [0, 0.1) is 5.82 Å². The molecule has 0 atom stereocenters. The molecule has 2 aliphatic carbocycles. The fourth-order valence-electron chi connectivity index (χ4n) is 2.57. The number of carbonyl (C=O) groups is 1. The molecule has 0 aliphatic heterocycles. The van der Waals surface area contributed by atoms with Gasteiger partial charge in [-0.15, -0.1) is 0 Å². The molecule has 1 amide bonds. The van der Waals surface area contributed by atoms with E-state index in [4.69, 9.17) is 24.4 Å². The van der Waals surface area contributed by atoms with Crippen LogP contribution in [0.1, 0.15) is 12.8 Å². The second-order valence-corrected chi connectivity index (χ2v) is 6.50. The van der Waals surface area contributed by atoms with Gasteiger partial charge in [0.2, 0.25) is 0 Å². The van der Waals surface area contributed by atoms with Crippen LogP contribution in [0.25, 0.3) is 0 Å². The molecule has 126 valence electrons. The van der Waals surface area contributed by atoms with Crippen LogP contribution in [-0.4, -0.2) is 15.6 Å². The second-order valence-electron chi connectivity index (χ2n) is 5.52. The molecule has 0 radical (unpaired) electrons. The van der Waals surface area contributed by atoms with E-state index in [1.54, 1.807) is 12.2 Å². The quantitative estimate of drug-likeness (QED) is 0.701. The molecule has 0 fully saturated rings. The number of amides is 1. The highest BCUT2D eigenvalue weighted by Crippen LogP contribution is 2.29. The number of thiocarbonyl (C=S) groups is 2. The Bertz CT molecular complexity index is 879. The molecule has 6 heteroatoms. The summed E-state index contributed by atoms with van der Waals surface area (Å²) in [6.45, 7) is 0. The van der Waals surface area contributed by atoms with Crippen molar-refractivity contribution in [3.8, 4) is 0 Å². The van der Waals surface area contributed by atoms with Crippen molar-refractivity contribution in [1.29, 1.82) is 0 Å². The number of halogens is 2. The Balaban J connectivity index is 2.09. The minimum absolute atomic E-state index is 0.0461. The number of hydrogen-bond donors (Lipinski definition) is 0. The van der Waals surface area contributed by atoms with Crippen LogP contribution in [0.15, 0.2) is 71.7 Å². The smallest absolute Gasteiger partial charge is 0.264 e. The molecule has 2 nitrogen and oxygen atoms in total. The lowest BCUT2D eigenvalue weighted by Gasteiger charge is -2.28. The largest absolute Gasteiger partial charge is 0.276 e. The topological polar surface area (TPSA) is 20.3 Å². The van der Waals surface area contributed by atoms with Gasteiger partial charge in [0.1, 0.15) is 11.6 Å². The Morgan fingerprint density at radius 3 is 2.36 bits per heavy atom. The van der Waals surface area contributed by atoms with Crippen molar-refractivity contribution >= 4 is 45.8 Å². The van der Waals surface area contributed by atoms with E-state index in [0.29, 0.717) is 33.1 Å². The van der Waals surface area contributed by atoms with E-state index in [2.05, 4.69) is 0 Å². The monoisotopic (exact) mass is 373 g/mol. The molecule has 25 heavy (non-hydrogen) atoms. The van der Waals surface area contributed by atoms with Crippen molar-refractivity contribution in [2.75, 3.05) is 4.90 Å². The van der Waals surface area contributed by atoms with Gasteiger partial charge in [0.25, 0.3) is 5.91 Å². The highest BCUT2D eigenvalue weighted by Gasteiger charge is 2.29. The highest BCUT2D eigenvalue weighted by molar-refractivity contribution is 7.81. The summed E-state index contributed by atoms with van der Waals surface area (Å²) >= 11 is 10.6. The van der Waals surface area contributed by atoms with Gasteiger partial charge in [-0.3, -0.25) is 9.69 Å². The number of carbonyl (C=O) groups excluding carboxylic acids is 1. The van der Waals surface area contributed by atoms with Crippen LogP contribution in [-0.2, 0) is 4.79 Å². The molecule has 0 saturated heterocycles. The van der Waals surface area contributed by atoms with Crippen molar-refractivity contribution in [2.24, 2.45) is 0 Å². The molecular weight excluding hydrogens is 360 g/mol. The maximum absolute atomic E-state index is 13.5. The zero-order chi connectivity index (χ0) is 18.0.